The summed E-state index contributed by atoms with van der Waals surface area (Å²) in [6, 6.07) is 4.71. The molecule has 1 fully saturated rings. The van der Waals surface area contributed by atoms with Crippen LogP contribution in [0.25, 0.3) is 0 Å². The SMILES string of the molecule is COC(=O)c1ccc(NC(=O)C2CCCCC2(C)N)cc1Cl. The molecule has 2 rings (SSSR count). The van der Waals surface area contributed by atoms with Crippen LogP contribution in [-0.4, -0.2) is 24.5 Å². The number of amides is 1. The molecule has 0 saturated heterocycles. The van der Waals surface area contributed by atoms with Gasteiger partial charge in [-0.3, -0.25) is 4.79 Å². The summed E-state index contributed by atoms with van der Waals surface area (Å²) in [5, 5.41) is 3.08. The summed E-state index contributed by atoms with van der Waals surface area (Å²) in [6.45, 7) is 1.92. The Morgan fingerprint density at radius 2 is 2.14 bits per heavy atom. The number of rotatable bonds is 3. The molecule has 0 aromatic heterocycles. The maximum absolute atomic E-state index is 12.4. The zero-order valence-corrected chi connectivity index (χ0v) is 13.6. The van der Waals surface area contributed by atoms with E-state index >= 15 is 0 Å². The van der Waals surface area contributed by atoms with Crippen molar-refractivity contribution >= 4 is 29.2 Å². The topological polar surface area (TPSA) is 81.4 Å². The molecule has 2 unspecified atom stereocenters. The lowest BCUT2D eigenvalue weighted by Crippen LogP contribution is -2.51. The Morgan fingerprint density at radius 1 is 1.41 bits per heavy atom. The molecule has 1 amide bonds. The number of nitrogens with two attached hydrogens (primary N) is 1. The first-order valence-electron chi connectivity index (χ1n) is 7.33. The van der Waals surface area contributed by atoms with Gasteiger partial charge in [-0.2, -0.15) is 0 Å². The van der Waals surface area contributed by atoms with E-state index in [0.29, 0.717) is 5.69 Å². The van der Waals surface area contributed by atoms with Gasteiger partial charge in [-0.25, -0.2) is 4.79 Å². The molecule has 1 aliphatic carbocycles. The van der Waals surface area contributed by atoms with Gasteiger partial charge >= 0.3 is 5.97 Å². The van der Waals surface area contributed by atoms with Gasteiger partial charge in [-0.15, -0.1) is 0 Å². The van der Waals surface area contributed by atoms with Crippen molar-refractivity contribution in [2.45, 2.75) is 38.1 Å². The third kappa shape index (κ3) is 3.59. The predicted molar refractivity (Wildman–Crippen MR) is 86.0 cm³/mol. The maximum atomic E-state index is 12.4. The van der Waals surface area contributed by atoms with Gasteiger partial charge in [0, 0.05) is 11.2 Å². The molecular weight excluding hydrogens is 304 g/mol. The molecule has 5 nitrogen and oxygen atoms in total. The molecule has 120 valence electrons. The number of anilines is 1. The predicted octanol–water partition coefficient (Wildman–Crippen LogP) is 2.97. The number of hydrogen-bond donors (Lipinski definition) is 2. The summed E-state index contributed by atoms with van der Waals surface area (Å²) in [5.74, 6) is -0.836. The van der Waals surface area contributed by atoms with Crippen LogP contribution in [0.5, 0.6) is 0 Å². The Kier molecular flexibility index (Phi) is 5.08. The van der Waals surface area contributed by atoms with Crippen LogP contribution in [0.3, 0.4) is 0 Å². The van der Waals surface area contributed by atoms with Crippen molar-refractivity contribution in [2.75, 3.05) is 12.4 Å². The van der Waals surface area contributed by atoms with E-state index in [0.717, 1.165) is 25.7 Å². The molecule has 3 N–H and O–H groups in total. The largest absolute Gasteiger partial charge is 0.465 e. The lowest BCUT2D eigenvalue weighted by atomic mass is 9.74. The number of esters is 1. The van der Waals surface area contributed by atoms with Crippen LogP contribution in [0.1, 0.15) is 43.0 Å². The second kappa shape index (κ2) is 6.67. The molecule has 0 radical (unpaired) electrons. The average molecular weight is 325 g/mol. The van der Waals surface area contributed by atoms with Gasteiger partial charge in [0.25, 0.3) is 0 Å². The van der Waals surface area contributed by atoms with E-state index in [9.17, 15) is 9.59 Å². The van der Waals surface area contributed by atoms with Crippen LogP contribution in [0.4, 0.5) is 5.69 Å². The molecule has 0 heterocycles. The zero-order chi connectivity index (χ0) is 16.3. The van der Waals surface area contributed by atoms with Crippen molar-refractivity contribution < 1.29 is 14.3 Å². The zero-order valence-electron chi connectivity index (χ0n) is 12.8. The van der Waals surface area contributed by atoms with E-state index in [1.807, 2.05) is 6.92 Å². The Morgan fingerprint density at radius 3 is 2.73 bits per heavy atom. The molecular formula is C16H21ClN2O3. The van der Waals surface area contributed by atoms with Crippen molar-refractivity contribution in [3.05, 3.63) is 28.8 Å². The first-order valence-corrected chi connectivity index (χ1v) is 7.70. The van der Waals surface area contributed by atoms with Crippen LogP contribution in [0.2, 0.25) is 5.02 Å². The minimum Gasteiger partial charge on any atom is -0.465 e. The lowest BCUT2D eigenvalue weighted by molar-refractivity contribution is -0.122. The Hall–Kier alpha value is -1.59. The van der Waals surface area contributed by atoms with Crippen molar-refractivity contribution in [3.8, 4) is 0 Å². The van der Waals surface area contributed by atoms with E-state index < -0.39 is 11.5 Å². The highest BCUT2D eigenvalue weighted by atomic mass is 35.5. The standard InChI is InChI=1S/C16H21ClN2O3/c1-16(18)8-4-3-5-12(16)14(20)19-10-6-7-11(13(17)9-10)15(21)22-2/h6-7,9,12H,3-5,8,18H2,1-2H3,(H,19,20). The van der Waals surface area contributed by atoms with E-state index in [1.54, 1.807) is 12.1 Å². The first-order chi connectivity index (χ1) is 10.3. The highest BCUT2D eigenvalue weighted by Crippen LogP contribution is 2.32. The maximum Gasteiger partial charge on any atom is 0.339 e. The minimum absolute atomic E-state index is 0.105. The average Bonchev–Trinajstić information content (AvgIpc) is 2.46. The summed E-state index contributed by atoms with van der Waals surface area (Å²) in [6.07, 6.45) is 3.68. The fourth-order valence-electron chi connectivity index (χ4n) is 2.89. The fourth-order valence-corrected chi connectivity index (χ4v) is 3.14. The van der Waals surface area contributed by atoms with Crippen LogP contribution in [0.15, 0.2) is 18.2 Å². The highest BCUT2D eigenvalue weighted by molar-refractivity contribution is 6.34. The van der Waals surface area contributed by atoms with Crippen molar-refractivity contribution in [3.63, 3.8) is 0 Å². The van der Waals surface area contributed by atoms with Crippen LogP contribution in [-0.2, 0) is 9.53 Å². The van der Waals surface area contributed by atoms with Crippen LogP contribution < -0.4 is 11.1 Å². The van der Waals surface area contributed by atoms with Gasteiger partial charge in [0.1, 0.15) is 0 Å². The van der Waals surface area contributed by atoms with E-state index in [-0.39, 0.29) is 22.4 Å². The summed E-state index contributed by atoms with van der Waals surface area (Å²) >= 11 is 6.05. The molecule has 22 heavy (non-hydrogen) atoms. The Bertz CT molecular complexity index is 587. The fraction of sp³-hybridized carbons (Fsp3) is 0.500. The van der Waals surface area contributed by atoms with Gasteiger partial charge in [0.2, 0.25) is 5.91 Å². The summed E-state index contributed by atoms with van der Waals surface area (Å²) in [5.41, 5.74) is 6.56. The number of halogens is 1. The van der Waals surface area contributed by atoms with Crippen molar-refractivity contribution in [2.24, 2.45) is 11.7 Å². The Labute approximate surface area is 135 Å². The molecule has 1 aliphatic rings. The molecule has 0 aliphatic heterocycles. The van der Waals surface area contributed by atoms with Gasteiger partial charge in [0.15, 0.2) is 0 Å². The second-order valence-corrected chi connectivity index (χ2v) is 6.39. The van der Waals surface area contributed by atoms with Crippen LogP contribution >= 0.6 is 11.6 Å². The van der Waals surface area contributed by atoms with E-state index in [1.165, 1.54) is 13.2 Å². The smallest absolute Gasteiger partial charge is 0.339 e. The van der Waals surface area contributed by atoms with Gasteiger partial charge in [-0.05, 0) is 38.0 Å². The summed E-state index contributed by atoms with van der Waals surface area (Å²) < 4.78 is 4.63. The number of carbonyl (C=O) groups is 2. The number of ether oxygens (including phenoxy) is 1. The number of methoxy groups -OCH3 is 1. The first kappa shape index (κ1) is 16.8. The van der Waals surface area contributed by atoms with Gasteiger partial charge in [-0.1, -0.05) is 24.4 Å². The number of carbonyl (C=O) groups excluding carboxylic acids is 2. The number of benzene rings is 1. The second-order valence-electron chi connectivity index (χ2n) is 5.98. The monoisotopic (exact) mass is 324 g/mol. The normalized spacial score (nSPS) is 24.6. The highest BCUT2D eigenvalue weighted by Gasteiger charge is 2.37. The summed E-state index contributed by atoms with van der Waals surface area (Å²) in [7, 11) is 1.29. The summed E-state index contributed by atoms with van der Waals surface area (Å²) in [4.78, 5) is 23.9. The number of nitrogens with one attached hydrogen (secondary N) is 1. The Balaban J connectivity index is 2.12. The molecule has 1 aromatic carbocycles. The molecule has 6 heteroatoms. The van der Waals surface area contributed by atoms with Gasteiger partial charge in [0.05, 0.1) is 23.6 Å². The minimum atomic E-state index is -0.510. The lowest BCUT2D eigenvalue weighted by Gasteiger charge is -2.37. The third-order valence-electron chi connectivity index (χ3n) is 4.21. The molecule has 0 spiro atoms. The quantitative estimate of drug-likeness (QED) is 0.837. The third-order valence-corrected chi connectivity index (χ3v) is 4.53. The van der Waals surface area contributed by atoms with E-state index in [4.69, 9.17) is 17.3 Å². The molecule has 1 aromatic rings. The number of hydrogen-bond acceptors (Lipinski definition) is 4. The van der Waals surface area contributed by atoms with Gasteiger partial charge < -0.3 is 15.8 Å². The van der Waals surface area contributed by atoms with E-state index in [2.05, 4.69) is 10.1 Å². The molecule has 0 bridgehead atoms. The van der Waals surface area contributed by atoms with Crippen LogP contribution in [0, 0.1) is 5.92 Å². The van der Waals surface area contributed by atoms with Crippen molar-refractivity contribution in [1.82, 2.24) is 0 Å². The molecule has 1 saturated carbocycles. The molecule has 2 atom stereocenters. The van der Waals surface area contributed by atoms with Crippen molar-refractivity contribution in [1.29, 1.82) is 0 Å².